The molecule has 174 valence electrons. The first kappa shape index (κ1) is 25.1. The average Bonchev–Trinajstić information content (AvgIpc) is 2.78. The SMILES string of the molecule is CS(=O)(=O)N(Cc1ccccc1Cl)c1ccc(C(=O)NCCSCc2ccccc2F)cc1. The van der Waals surface area contributed by atoms with Gasteiger partial charge >= 0.3 is 0 Å². The number of nitrogens with one attached hydrogen (secondary N) is 1. The first-order valence-electron chi connectivity index (χ1n) is 10.2. The van der Waals surface area contributed by atoms with Gasteiger partial charge in [-0.3, -0.25) is 9.10 Å². The summed E-state index contributed by atoms with van der Waals surface area (Å²) in [4.78, 5) is 12.4. The number of benzene rings is 3. The van der Waals surface area contributed by atoms with Gasteiger partial charge in [-0.25, -0.2) is 12.8 Å². The molecule has 0 aliphatic heterocycles. The van der Waals surface area contributed by atoms with E-state index in [9.17, 15) is 17.6 Å². The fourth-order valence-electron chi connectivity index (χ4n) is 3.10. The maximum Gasteiger partial charge on any atom is 0.251 e. The lowest BCUT2D eigenvalue weighted by Gasteiger charge is -2.23. The van der Waals surface area contributed by atoms with Crippen molar-refractivity contribution in [2.24, 2.45) is 0 Å². The molecule has 0 radical (unpaired) electrons. The van der Waals surface area contributed by atoms with Gasteiger partial charge in [-0.1, -0.05) is 48.0 Å². The number of halogens is 2. The number of amides is 1. The van der Waals surface area contributed by atoms with Crippen molar-refractivity contribution in [1.29, 1.82) is 0 Å². The number of sulfonamides is 1. The van der Waals surface area contributed by atoms with E-state index in [1.807, 2.05) is 0 Å². The van der Waals surface area contributed by atoms with Gasteiger partial charge in [0, 0.05) is 28.6 Å². The molecule has 3 rings (SSSR count). The van der Waals surface area contributed by atoms with Gasteiger partial charge in [-0.15, -0.1) is 0 Å². The van der Waals surface area contributed by atoms with Crippen LogP contribution in [-0.4, -0.2) is 32.9 Å². The molecule has 0 bridgehead atoms. The Morgan fingerprint density at radius 1 is 1.00 bits per heavy atom. The monoisotopic (exact) mass is 506 g/mol. The zero-order valence-corrected chi connectivity index (χ0v) is 20.4. The summed E-state index contributed by atoms with van der Waals surface area (Å²) in [6, 6.07) is 20.0. The first-order valence-corrected chi connectivity index (χ1v) is 13.5. The molecule has 33 heavy (non-hydrogen) atoms. The van der Waals surface area contributed by atoms with Crippen LogP contribution in [0.1, 0.15) is 21.5 Å². The molecule has 0 heterocycles. The van der Waals surface area contributed by atoms with Gasteiger partial charge in [0.2, 0.25) is 10.0 Å². The van der Waals surface area contributed by atoms with E-state index in [4.69, 9.17) is 11.6 Å². The lowest BCUT2D eigenvalue weighted by Crippen LogP contribution is -2.29. The van der Waals surface area contributed by atoms with Gasteiger partial charge in [-0.05, 0) is 47.5 Å². The molecule has 0 unspecified atom stereocenters. The Morgan fingerprint density at radius 2 is 1.64 bits per heavy atom. The number of thioether (sulfide) groups is 1. The molecule has 3 aromatic carbocycles. The molecule has 1 amide bonds. The van der Waals surface area contributed by atoms with E-state index in [1.54, 1.807) is 66.7 Å². The van der Waals surface area contributed by atoms with Gasteiger partial charge in [0.05, 0.1) is 18.5 Å². The smallest absolute Gasteiger partial charge is 0.251 e. The van der Waals surface area contributed by atoms with E-state index in [2.05, 4.69) is 5.32 Å². The summed E-state index contributed by atoms with van der Waals surface area (Å²) < 4.78 is 39.6. The quantitative estimate of drug-likeness (QED) is 0.388. The van der Waals surface area contributed by atoms with Crippen molar-refractivity contribution in [1.82, 2.24) is 5.32 Å². The van der Waals surface area contributed by atoms with Crippen LogP contribution in [0.25, 0.3) is 0 Å². The van der Waals surface area contributed by atoms with Crippen LogP contribution in [0.3, 0.4) is 0 Å². The van der Waals surface area contributed by atoms with E-state index >= 15 is 0 Å². The van der Waals surface area contributed by atoms with Crippen LogP contribution < -0.4 is 9.62 Å². The normalized spacial score (nSPS) is 11.2. The fraction of sp³-hybridized carbons (Fsp3) is 0.208. The van der Waals surface area contributed by atoms with Crippen LogP contribution in [0.4, 0.5) is 10.1 Å². The van der Waals surface area contributed by atoms with Gasteiger partial charge in [0.25, 0.3) is 5.91 Å². The van der Waals surface area contributed by atoms with E-state index < -0.39 is 10.0 Å². The van der Waals surface area contributed by atoms with Crippen LogP contribution in [0, 0.1) is 5.82 Å². The molecule has 9 heteroatoms. The highest BCUT2D eigenvalue weighted by molar-refractivity contribution is 7.98. The van der Waals surface area contributed by atoms with Gasteiger partial charge in [-0.2, -0.15) is 11.8 Å². The highest BCUT2D eigenvalue weighted by atomic mass is 35.5. The summed E-state index contributed by atoms with van der Waals surface area (Å²) in [5, 5.41) is 3.30. The fourth-order valence-corrected chi connectivity index (χ4v) is 5.02. The largest absolute Gasteiger partial charge is 0.351 e. The van der Waals surface area contributed by atoms with E-state index in [0.29, 0.717) is 45.5 Å². The molecule has 1 N–H and O–H groups in total. The van der Waals surface area contributed by atoms with Crippen molar-refractivity contribution in [2.75, 3.05) is 22.9 Å². The van der Waals surface area contributed by atoms with Crippen molar-refractivity contribution in [2.45, 2.75) is 12.3 Å². The number of nitrogens with zero attached hydrogens (tertiary/aromatic N) is 1. The molecular weight excluding hydrogens is 483 g/mol. The predicted octanol–water partition coefficient (Wildman–Crippen LogP) is 5.11. The molecule has 3 aromatic rings. The van der Waals surface area contributed by atoms with Crippen LogP contribution in [0.15, 0.2) is 72.8 Å². The summed E-state index contributed by atoms with van der Waals surface area (Å²) in [5.74, 6) is 0.679. The minimum atomic E-state index is -3.57. The second-order valence-corrected chi connectivity index (χ2v) is 10.7. The van der Waals surface area contributed by atoms with Gasteiger partial charge in [0.15, 0.2) is 0 Å². The zero-order valence-electron chi connectivity index (χ0n) is 18.0. The minimum Gasteiger partial charge on any atom is -0.351 e. The number of rotatable bonds is 10. The third-order valence-corrected chi connectivity index (χ3v) is 7.35. The molecule has 0 aliphatic rings. The number of carbonyl (C=O) groups excluding carboxylic acids is 1. The second kappa shape index (κ2) is 11.5. The zero-order chi connectivity index (χ0) is 23.8. The van der Waals surface area contributed by atoms with Gasteiger partial charge in [0.1, 0.15) is 5.82 Å². The lowest BCUT2D eigenvalue weighted by molar-refractivity contribution is 0.0956. The van der Waals surface area contributed by atoms with E-state index in [0.717, 1.165) is 6.26 Å². The second-order valence-electron chi connectivity index (χ2n) is 7.31. The molecule has 0 saturated heterocycles. The Labute approximate surface area is 203 Å². The maximum absolute atomic E-state index is 13.6. The summed E-state index contributed by atoms with van der Waals surface area (Å²) in [5.41, 5.74) is 2.18. The molecule has 0 atom stereocenters. The Morgan fingerprint density at radius 3 is 2.27 bits per heavy atom. The van der Waals surface area contributed by atoms with Crippen molar-refractivity contribution in [3.8, 4) is 0 Å². The standard InChI is InChI=1S/C24H24ClFN2O3S2/c1-33(30,31)28(16-19-6-2-4-8-22(19)25)21-12-10-18(11-13-21)24(29)27-14-15-32-17-20-7-3-5-9-23(20)26/h2-13H,14-17H2,1H3,(H,27,29). The third kappa shape index (κ3) is 7.22. The van der Waals surface area contributed by atoms with Crippen molar-refractivity contribution >= 4 is 45.0 Å². The first-order chi connectivity index (χ1) is 15.8. The van der Waals surface area contributed by atoms with Crippen LogP contribution >= 0.6 is 23.4 Å². The number of hydrogen-bond acceptors (Lipinski definition) is 4. The topological polar surface area (TPSA) is 66.5 Å². The van der Waals surface area contributed by atoms with Crippen molar-refractivity contribution in [3.05, 3.63) is 100 Å². The lowest BCUT2D eigenvalue weighted by atomic mass is 10.1. The Bertz CT molecular complexity index is 1200. The average molecular weight is 507 g/mol. The molecule has 5 nitrogen and oxygen atoms in total. The van der Waals surface area contributed by atoms with Crippen LogP contribution in [-0.2, 0) is 22.3 Å². The highest BCUT2D eigenvalue weighted by Crippen LogP contribution is 2.24. The van der Waals surface area contributed by atoms with Crippen LogP contribution in [0.2, 0.25) is 5.02 Å². The third-order valence-electron chi connectivity index (χ3n) is 4.84. The molecular formula is C24H24ClFN2O3S2. The molecule has 0 spiro atoms. The number of carbonyl (C=O) groups is 1. The Kier molecular flexibility index (Phi) is 8.77. The van der Waals surface area contributed by atoms with Gasteiger partial charge < -0.3 is 5.32 Å². The highest BCUT2D eigenvalue weighted by Gasteiger charge is 2.19. The minimum absolute atomic E-state index is 0.0866. The van der Waals surface area contributed by atoms with Crippen LogP contribution in [0.5, 0.6) is 0 Å². The molecule has 0 fully saturated rings. The number of hydrogen-bond donors (Lipinski definition) is 1. The summed E-state index contributed by atoms with van der Waals surface area (Å²) in [6.45, 7) is 0.519. The van der Waals surface area contributed by atoms with Crippen molar-refractivity contribution < 1.29 is 17.6 Å². The predicted molar refractivity (Wildman–Crippen MR) is 134 cm³/mol. The molecule has 0 aromatic heterocycles. The van der Waals surface area contributed by atoms with E-state index in [-0.39, 0.29) is 18.3 Å². The summed E-state index contributed by atoms with van der Waals surface area (Å²) >= 11 is 7.72. The molecule has 0 aliphatic carbocycles. The summed E-state index contributed by atoms with van der Waals surface area (Å²) in [7, 11) is -3.57. The Balaban J connectivity index is 1.56. The summed E-state index contributed by atoms with van der Waals surface area (Å²) in [6.07, 6.45) is 1.13. The number of anilines is 1. The van der Waals surface area contributed by atoms with Crippen molar-refractivity contribution in [3.63, 3.8) is 0 Å². The molecule has 0 saturated carbocycles. The van der Waals surface area contributed by atoms with E-state index in [1.165, 1.54) is 22.1 Å². The maximum atomic E-state index is 13.6. The Hall–Kier alpha value is -2.55.